The van der Waals surface area contributed by atoms with Gasteiger partial charge in [0.25, 0.3) is 0 Å². The van der Waals surface area contributed by atoms with Gasteiger partial charge in [-0.3, -0.25) is 4.68 Å². The zero-order valence-corrected chi connectivity index (χ0v) is 10.1. The quantitative estimate of drug-likeness (QED) is 0.787. The van der Waals surface area contributed by atoms with Crippen molar-refractivity contribution in [2.75, 3.05) is 6.54 Å². The molecule has 4 heteroatoms. The SMILES string of the molecule is CCc1cc(CC(O)C2CCCN2)n(C)n1. The molecule has 1 aliphatic heterocycles. The fraction of sp³-hybridized carbons (Fsp3) is 0.750. The third kappa shape index (κ3) is 2.44. The van der Waals surface area contributed by atoms with Gasteiger partial charge in [0.2, 0.25) is 0 Å². The van der Waals surface area contributed by atoms with Gasteiger partial charge in [0, 0.05) is 25.2 Å². The van der Waals surface area contributed by atoms with E-state index in [2.05, 4.69) is 23.4 Å². The Kier molecular flexibility index (Phi) is 3.61. The van der Waals surface area contributed by atoms with Crippen LogP contribution in [0.15, 0.2) is 6.07 Å². The molecule has 90 valence electrons. The van der Waals surface area contributed by atoms with Crippen molar-refractivity contribution in [2.45, 2.75) is 44.8 Å². The van der Waals surface area contributed by atoms with Gasteiger partial charge in [0.05, 0.1) is 11.8 Å². The highest BCUT2D eigenvalue weighted by Gasteiger charge is 2.23. The van der Waals surface area contributed by atoms with Crippen molar-refractivity contribution in [3.05, 3.63) is 17.5 Å². The van der Waals surface area contributed by atoms with E-state index in [1.807, 2.05) is 11.7 Å². The molecule has 0 aromatic carbocycles. The molecule has 0 radical (unpaired) electrons. The second-order valence-electron chi connectivity index (χ2n) is 4.58. The highest BCUT2D eigenvalue weighted by molar-refractivity contribution is 5.11. The highest BCUT2D eigenvalue weighted by atomic mass is 16.3. The molecule has 0 amide bonds. The molecule has 1 aromatic heterocycles. The minimum absolute atomic E-state index is 0.264. The first-order valence-electron chi connectivity index (χ1n) is 6.14. The van der Waals surface area contributed by atoms with Crippen LogP contribution < -0.4 is 5.32 Å². The van der Waals surface area contributed by atoms with E-state index in [4.69, 9.17) is 0 Å². The number of aromatic nitrogens is 2. The predicted octanol–water partition coefficient (Wildman–Crippen LogP) is 0.638. The number of hydrogen-bond donors (Lipinski definition) is 2. The summed E-state index contributed by atoms with van der Waals surface area (Å²) in [7, 11) is 1.95. The van der Waals surface area contributed by atoms with Gasteiger partial charge < -0.3 is 10.4 Å². The zero-order valence-electron chi connectivity index (χ0n) is 10.1. The average Bonchev–Trinajstić information content (AvgIpc) is 2.88. The lowest BCUT2D eigenvalue weighted by Crippen LogP contribution is -2.36. The van der Waals surface area contributed by atoms with Gasteiger partial charge in [-0.25, -0.2) is 0 Å². The maximum absolute atomic E-state index is 10.1. The number of nitrogens with one attached hydrogen (secondary N) is 1. The van der Waals surface area contributed by atoms with E-state index in [-0.39, 0.29) is 12.1 Å². The Balaban J connectivity index is 1.99. The normalized spacial score (nSPS) is 22.6. The van der Waals surface area contributed by atoms with Crippen LogP contribution in [0, 0.1) is 0 Å². The lowest BCUT2D eigenvalue weighted by Gasteiger charge is -2.17. The Hall–Kier alpha value is -0.870. The van der Waals surface area contributed by atoms with E-state index >= 15 is 0 Å². The van der Waals surface area contributed by atoms with Crippen LogP contribution in [0.3, 0.4) is 0 Å². The number of rotatable bonds is 4. The zero-order chi connectivity index (χ0) is 11.5. The Morgan fingerprint density at radius 3 is 3.06 bits per heavy atom. The van der Waals surface area contributed by atoms with Gasteiger partial charge >= 0.3 is 0 Å². The maximum Gasteiger partial charge on any atom is 0.0748 e. The standard InChI is InChI=1S/C12H21N3O/c1-3-9-7-10(15(2)14-9)8-12(16)11-5-4-6-13-11/h7,11-13,16H,3-6,8H2,1-2H3. The van der Waals surface area contributed by atoms with Gasteiger partial charge in [0.1, 0.15) is 0 Å². The summed E-state index contributed by atoms with van der Waals surface area (Å²) in [5.74, 6) is 0. The first-order chi connectivity index (χ1) is 7.70. The summed E-state index contributed by atoms with van der Waals surface area (Å²) in [6.45, 7) is 3.13. The van der Waals surface area contributed by atoms with Crippen molar-refractivity contribution in [1.29, 1.82) is 0 Å². The number of nitrogens with zero attached hydrogens (tertiary/aromatic N) is 2. The molecular weight excluding hydrogens is 202 g/mol. The fourth-order valence-corrected chi connectivity index (χ4v) is 2.33. The topological polar surface area (TPSA) is 50.1 Å². The molecular formula is C12H21N3O. The largest absolute Gasteiger partial charge is 0.391 e. The Bertz CT molecular complexity index is 342. The van der Waals surface area contributed by atoms with E-state index < -0.39 is 0 Å². The van der Waals surface area contributed by atoms with Crippen LogP contribution in [0.25, 0.3) is 0 Å². The van der Waals surface area contributed by atoms with Crippen molar-refractivity contribution in [3.63, 3.8) is 0 Å². The fourth-order valence-electron chi connectivity index (χ4n) is 2.33. The van der Waals surface area contributed by atoms with E-state index in [0.29, 0.717) is 6.42 Å². The van der Waals surface area contributed by atoms with Gasteiger partial charge in [-0.1, -0.05) is 6.92 Å². The van der Waals surface area contributed by atoms with Crippen LogP contribution in [0.2, 0.25) is 0 Å². The molecule has 4 nitrogen and oxygen atoms in total. The average molecular weight is 223 g/mol. The third-order valence-corrected chi connectivity index (χ3v) is 3.37. The van der Waals surface area contributed by atoms with Gasteiger partial charge in [-0.05, 0) is 31.9 Å². The molecule has 1 fully saturated rings. The minimum atomic E-state index is -0.289. The van der Waals surface area contributed by atoms with Crippen LogP contribution in [0.1, 0.15) is 31.2 Å². The Morgan fingerprint density at radius 1 is 1.69 bits per heavy atom. The lowest BCUT2D eigenvalue weighted by atomic mass is 10.0. The molecule has 2 heterocycles. The number of aryl methyl sites for hydroxylation is 2. The van der Waals surface area contributed by atoms with Crippen molar-refractivity contribution in [2.24, 2.45) is 7.05 Å². The molecule has 0 bridgehead atoms. The van der Waals surface area contributed by atoms with Crippen LogP contribution in [0.4, 0.5) is 0 Å². The Morgan fingerprint density at radius 2 is 2.50 bits per heavy atom. The molecule has 2 atom stereocenters. The second-order valence-corrected chi connectivity index (χ2v) is 4.58. The first-order valence-corrected chi connectivity index (χ1v) is 6.14. The summed E-state index contributed by atoms with van der Waals surface area (Å²) in [6, 6.07) is 2.36. The van der Waals surface area contributed by atoms with E-state index in [1.54, 1.807) is 0 Å². The van der Waals surface area contributed by atoms with E-state index in [9.17, 15) is 5.11 Å². The molecule has 2 rings (SSSR count). The van der Waals surface area contributed by atoms with Crippen molar-refractivity contribution >= 4 is 0 Å². The summed E-state index contributed by atoms with van der Waals surface area (Å²) < 4.78 is 1.89. The van der Waals surface area contributed by atoms with Crippen LogP contribution in [-0.4, -0.2) is 33.6 Å². The molecule has 1 saturated heterocycles. The van der Waals surface area contributed by atoms with Crippen LogP contribution >= 0.6 is 0 Å². The smallest absolute Gasteiger partial charge is 0.0748 e. The highest BCUT2D eigenvalue weighted by Crippen LogP contribution is 2.14. The predicted molar refractivity (Wildman–Crippen MR) is 63.3 cm³/mol. The second kappa shape index (κ2) is 4.97. The van der Waals surface area contributed by atoms with Crippen molar-refractivity contribution in [3.8, 4) is 0 Å². The number of aliphatic hydroxyl groups excluding tert-OH is 1. The summed E-state index contributed by atoms with van der Waals surface area (Å²) in [5.41, 5.74) is 2.22. The molecule has 0 aliphatic carbocycles. The summed E-state index contributed by atoms with van der Waals surface area (Å²) in [5, 5.41) is 17.8. The summed E-state index contributed by atoms with van der Waals surface area (Å²) in [6.07, 6.45) is 3.61. The van der Waals surface area contributed by atoms with Gasteiger partial charge in [-0.2, -0.15) is 5.10 Å². The molecule has 2 N–H and O–H groups in total. The minimum Gasteiger partial charge on any atom is -0.391 e. The molecule has 0 spiro atoms. The van der Waals surface area contributed by atoms with Crippen LogP contribution in [-0.2, 0) is 19.9 Å². The van der Waals surface area contributed by atoms with Gasteiger partial charge in [0.15, 0.2) is 0 Å². The molecule has 2 unspecified atom stereocenters. The maximum atomic E-state index is 10.1. The van der Waals surface area contributed by atoms with Crippen molar-refractivity contribution < 1.29 is 5.11 Å². The third-order valence-electron chi connectivity index (χ3n) is 3.37. The van der Waals surface area contributed by atoms with Crippen molar-refractivity contribution in [1.82, 2.24) is 15.1 Å². The molecule has 1 aromatic rings. The lowest BCUT2D eigenvalue weighted by molar-refractivity contribution is 0.134. The monoisotopic (exact) mass is 223 g/mol. The number of aliphatic hydroxyl groups is 1. The van der Waals surface area contributed by atoms with E-state index in [0.717, 1.165) is 30.8 Å². The summed E-state index contributed by atoms with van der Waals surface area (Å²) >= 11 is 0. The first kappa shape index (κ1) is 11.6. The number of hydrogen-bond acceptors (Lipinski definition) is 3. The molecule has 16 heavy (non-hydrogen) atoms. The Labute approximate surface area is 96.7 Å². The summed E-state index contributed by atoms with van der Waals surface area (Å²) in [4.78, 5) is 0. The van der Waals surface area contributed by atoms with Gasteiger partial charge in [-0.15, -0.1) is 0 Å². The molecule has 1 aliphatic rings. The van der Waals surface area contributed by atoms with E-state index in [1.165, 1.54) is 6.42 Å². The molecule has 0 saturated carbocycles. The van der Waals surface area contributed by atoms with Crippen LogP contribution in [0.5, 0.6) is 0 Å².